The molecule has 0 radical (unpaired) electrons. The summed E-state index contributed by atoms with van der Waals surface area (Å²) >= 11 is 0. The number of carbonyl (C=O) groups is 2. The molecule has 0 aromatic heterocycles. The second-order valence-electron chi connectivity index (χ2n) is 7.83. The lowest BCUT2D eigenvalue weighted by Gasteiger charge is -2.48. The molecule has 154 valence electrons. The summed E-state index contributed by atoms with van der Waals surface area (Å²) in [6, 6.07) is -0.978. The average molecular weight is 404 g/mol. The Hall–Kier alpha value is -1.81. The highest BCUT2D eigenvalue weighted by atomic mass is 32.2. The Morgan fingerprint density at radius 3 is 2.56 bits per heavy atom. The van der Waals surface area contributed by atoms with E-state index < -0.39 is 40.0 Å². The van der Waals surface area contributed by atoms with E-state index in [2.05, 4.69) is 0 Å². The van der Waals surface area contributed by atoms with Crippen LogP contribution in [0, 0.1) is 0 Å². The van der Waals surface area contributed by atoms with Gasteiger partial charge in [-0.3, -0.25) is 14.0 Å². The maximum atomic E-state index is 12.9. The first-order chi connectivity index (χ1) is 12.4. The Morgan fingerprint density at radius 1 is 1.33 bits per heavy atom. The van der Waals surface area contributed by atoms with E-state index in [-0.39, 0.29) is 19.6 Å². The first-order valence-corrected chi connectivity index (χ1v) is 10.8. The summed E-state index contributed by atoms with van der Waals surface area (Å²) in [4.78, 5) is 27.4. The summed E-state index contributed by atoms with van der Waals surface area (Å²) in [5.41, 5.74) is -0.104. The summed E-state index contributed by atoms with van der Waals surface area (Å²) in [5.74, 6) is 0. The fraction of sp³-hybridized carbons (Fsp3) is 0.765. The van der Waals surface area contributed by atoms with Gasteiger partial charge in [0, 0.05) is 12.2 Å². The van der Waals surface area contributed by atoms with E-state index in [4.69, 9.17) is 8.92 Å². The Balaban J connectivity index is 2.31. The lowest BCUT2D eigenvalue weighted by atomic mass is 9.92. The molecule has 0 spiro atoms. The van der Waals surface area contributed by atoms with Crippen LogP contribution in [0.5, 0.6) is 0 Å². The number of fused-ring (bicyclic) bond motifs is 1. The average Bonchev–Trinajstić information content (AvgIpc) is 2.50. The predicted octanol–water partition coefficient (Wildman–Crippen LogP) is 2.39. The highest BCUT2D eigenvalue weighted by Gasteiger charge is 2.44. The molecule has 2 unspecified atom stereocenters. The van der Waals surface area contributed by atoms with Crippen LogP contribution >= 0.6 is 0 Å². The summed E-state index contributed by atoms with van der Waals surface area (Å²) in [6.07, 6.45) is 3.57. The van der Waals surface area contributed by atoms with Gasteiger partial charge in [-0.2, -0.15) is 8.42 Å². The molecule has 0 aromatic carbocycles. The normalized spacial score (nSPS) is 23.5. The van der Waals surface area contributed by atoms with Crippen LogP contribution in [-0.2, 0) is 19.0 Å². The molecule has 10 heteroatoms. The number of carbonyl (C=O) groups excluding carboxylic acids is 1. The molecule has 27 heavy (non-hydrogen) atoms. The Bertz CT molecular complexity index is 711. The minimum absolute atomic E-state index is 0.0731. The number of hydrogen-bond donors (Lipinski definition) is 1. The van der Waals surface area contributed by atoms with Gasteiger partial charge in [0.2, 0.25) is 0 Å². The second kappa shape index (κ2) is 8.05. The van der Waals surface area contributed by atoms with Gasteiger partial charge in [0.15, 0.2) is 0 Å². The van der Waals surface area contributed by atoms with Gasteiger partial charge in [0.25, 0.3) is 10.1 Å². The minimum atomic E-state index is -3.62. The molecule has 2 atom stereocenters. The van der Waals surface area contributed by atoms with Crippen molar-refractivity contribution in [2.45, 2.75) is 64.1 Å². The summed E-state index contributed by atoms with van der Waals surface area (Å²) in [6.45, 7) is 5.20. The molecular formula is C17H28N2O7S. The molecule has 1 N–H and O–H groups in total. The van der Waals surface area contributed by atoms with Crippen molar-refractivity contribution in [2.75, 3.05) is 19.4 Å². The van der Waals surface area contributed by atoms with Crippen molar-refractivity contribution in [3.63, 3.8) is 0 Å². The number of hydrogen-bond acceptors (Lipinski definition) is 6. The van der Waals surface area contributed by atoms with Gasteiger partial charge < -0.3 is 9.84 Å². The SMILES string of the molecule is CC(C)(C)OC(=O)N1C2=CCCCC2N(C(=O)O)CC1CCOS(C)(=O)=O. The Kier molecular flexibility index (Phi) is 6.41. The van der Waals surface area contributed by atoms with E-state index >= 15 is 0 Å². The largest absolute Gasteiger partial charge is 0.465 e. The first kappa shape index (κ1) is 21.5. The van der Waals surface area contributed by atoms with Crippen LogP contribution in [0.2, 0.25) is 0 Å². The molecule has 2 amide bonds. The van der Waals surface area contributed by atoms with Crippen LogP contribution < -0.4 is 0 Å². The number of piperazine rings is 1. The molecule has 0 bridgehead atoms. The third kappa shape index (κ3) is 5.83. The zero-order valence-corrected chi connectivity index (χ0v) is 17.0. The van der Waals surface area contributed by atoms with Gasteiger partial charge in [0.1, 0.15) is 5.60 Å². The van der Waals surface area contributed by atoms with Gasteiger partial charge in [-0.25, -0.2) is 9.59 Å². The van der Waals surface area contributed by atoms with Gasteiger partial charge >= 0.3 is 12.2 Å². The molecule has 0 aromatic rings. The van der Waals surface area contributed by atoms with E-state index in [0.717, 1.165) is 19.1 Å². The van der Waals surface area contributed by atoms with E-state index in [1.807, 2.05) is 6.08 Å². The van der Waals surface area contributed by atoms with Crippen molar-refractivity contribution >= 4 is 22.3 Å². The first-order valence-electron chi connectivity index (χ1n) is 8.95. The standard InChI is InChI=1S/C17H28N2O7S/c1-17(2,3)26-16(22)19-12(9-10-25-27(4,23)24)11-18(15(20)21)13-7-5-6-8-14(13)19/h8,12-13H,5-7,9-11H2,1-4H3,(H,20,21). The second-order valence-corrected chi connectivity index (χ2v) is 9.47. The molecule has 1 saturated heterocycles. The summed E-state index contributed by atoms with van der Waals surface area (Å²) in [5, 5.41) is 9.60. The van der Waals surface area contributed by atoms with Crippen LogP contribution in [0.4, 0.5) is 9.59 Å². The molecule has 0 saturated carbocycles. The number of carboxylic acid groups (broad SMARTS) is 1. The smallest absolute Gasteiger partial charge is 0.414 e. The number of rotatable bonds is 4. The zero-order valence-electron chi connectivity index (χ0n) is 16.2. The lowest BCUT2D eigenvalue weighted by molar-refractivity contribution is -0.000818. The van der Waals surface area contributed by atoms with Gasteiger partial charge in [-0.15, -0.1) is 0 Å². The Morgan fingerprint density at radius 2 is 2.00 bits per heavy atom. The number of ether oxygens (including phenoxy) is 1. The van der Waals surface area contributed by atoms with E-state index in [1.165, 1.54) is 9.80 Å². The van der Waals surface area contributed by atoms with E-state index in [9.17, 15) is 23.1 Å². The fourth-order valence-corrected chi connectivity index (χ4v) is 3.80. The third-order valence-electron chi connectivity index (χ3n) is 4.39. The topological polar surface area (TPSA) is 113 Å². The number of nitrogens with zero attached hydrogens (tertiary/aromatic N) is 2. The fourth-order valence-electron chi connectivity index (χ4n) is 3.40. The van der Waals surface area contributed by atoms with Gasteiger partial charge in [-0.1, -0.05) is 6.08 Å². The van der Waals surface area contributed by atoms with Crippen molar-refractivity contribution < 1.29 is 32.0 Å². The number of allylic oxidation sites excluding steroid dienone is 1. The molecule has 9 nitrogen and oxygen atoms in total. The third-order valence-corrected chi connectivity index (χ3v) is 4.98. The monoisotopic (exact) mass is 404 g/mol. The molecule has 2 aliphatic rings. The summed E-state index contributed by atoms with van der Waals surface area (Å²) < 4.78 is 32.8. The van der Waals surface area contributed by atoms with Crippen LogP contribution in [0.1, 0.15) is 46.5 Å². The molecule has 2 rings (SSSR count). The molecule has 1 aliphatic heterocycles. The van der Waals surface area contributed by atoms with Crippen LogP contribution in [0.15, 0.2) is 11.8 Å². The zero-order chi connectivity index (χ0) is 20.4. The van der Waals surface area contributed by atoms with Crippen LogP contribution in [-0.4, -0.2) is 72.6 Å². The highest BCUT2D eigenvalue weighted by molar-refractivity contribution is 7.85. The maximum absolute atomic E-state index is 12.9. The van der Waals surface area contributed by atoms with Gasteiger partial charge in [0.05, 0.1) is 24.9 Å². The Labute approximate surface area is 160 Å². The van der Waals surface area contributed by atoms with E-state index in [0.29, 0.717) is 12.1 Å². The van der Waals surface area contributed by atoms with Crippen LogP contribution in [0.3, 0.4) is 0 Å². The molecule has 1 aliphatic carbocycles. The van der Waals surface area contributed by atoms with Crippen molar-refractivity contribution in [3.8, 4) is 0 Å². The quantitative estimate of drug-likeness (QED) is 0.716. The molecule has 1 fully saturated rings. The van der Waals surface area contributed by atoms with E-state index in [1.54, 1.807) is 20.8 Å². The maximum Gasteiger partial charge on any atom is 0.414 e. The minimum Gasteiger partial charge on any atom is -0.465 e. The predicted molar refractivity (Wildman–Crippen MR) is 97.7 cm³/mol. The molecule has 1 heterocycles. The van der Waals surface area contributed by atoms with Gasteiger partial charge in [-0.05, 0) is 46.5 Å². The van der Waals surface area contributed by atoms with Crippen LogP contribution in [0.25, 0.3) is 0 Å². The van der Waals surface area contributed by atoms with Crippen molar-refractivity contribution in [3.05, 3.63) is 11.8 Å². The number of amides is 2. The summed E-state index contributed by atoms with van der Waals surface area (Å²) in [7, 11) is -3.62. The highest BCUT2D eigenvalue weighted by Crippen LogP contribution is 2.34. The molecular weight excluding hydrogens is 376 g/mol. The van der Waals surface area contributed by atoms with Crippen molar-refractivity contribution in [1.29, 1.82) is 0 Å². The van der Waals surface area contributed by atoms with Crippen molar-refractivity contribution in [2.24, 2.45) is 0 Å². The van der Waals surface area contributed by atoms with Crippen molar-refractivity contribution in [1.82, 2.24) is 9.80 Å². The lowest BCUT2D eigenvalue weighted by Crippen LogP contribution is -2.60.